The summed E-state index contributed by atoms with van der Waals surface area (Å²) in [6.07, 6.45) is 6.35. The van der Waals surface area contributed by atoms with Crippen molar-refractivity contribution in [2.24, 2.45) is 11.1 Å². The van der Waals surface area contributed by atoms with Gasteiger partial charge in [-0.2, -0.15) is 0 Å². The van der Waals surface area contributed by atoms with Crippen LogP contribution in [0.4, 0.5) is 0 Å². The van der Waals surface area contributed by atoms with Crippen LogP contribution in [0.5, 0.6) is 0 Å². The first-order chi connectivity index (χ1) is 9.13. The van der Waals surface area contributed by atoms with E-state index < -0.39 is 0 Å². The number of benzene rings is 1. The largest absolute Gasteiger partial charge is 0.351 e. The maximum absolute atomic E-state index is 12.1. The zero-order chi connectivity index (χ0) is 13.7. The lowest BCUT2D eigenvalue weighted by Gasteiger charge is -2.33. The Morgan fingerprint density at radius 3 is 2.74 bits per heavy atom. The molecular formula is C16H24N2O. The Morgan fingerprint density at radius 2 is 2.05 bits per heavy atom. The number of nitrogens with two attached hydrogens (primary N) is 1. The van der Waals surface area contributed by atoms with Crippen LogP contribution < -0.4 is 11.1 Å². The first-order valence-electron chi connectivity index (χ1n) is 7.20. The van der Waals surface area contributed by atoms with Crippen molar-refractivity contribution in [2.45, 2.75) is 45.6 Å². The molecule has 0 atom stereocenters. The van der Waals surface area contributed by atoms with Gasteiger partial charge in [0.1, 0.15) is 0 Å². The molecule has 0 aliphatic heterocycles. The Hall–Kier alpha value is -1.35. The summed E-state index contributed by atoms with van der Waals surface area (Å²) in [7, 11) is 0. The van der Waals surface area contributed by atoms with Crippen LogP contribution >= 0.6 is 0 Å². The number of carbonyl (C=O) groups is 1. The second-order valence-electron chi connectivity index (χ2n) is 5.96. The topological polar surface area (TPSA) is 55.1 Å². The molecular weight excluding hydrogens is 236 g/mol. The van der Waals surface area contributed by atoms with Crippen LogP contribution in [0.25, 0.3) is 0 Å². The van der Waals surface area contributed by atoms with E-state index in [1.165, 1.54) is 32.1 Å². The fraction of sp³-hybridized carbons (Fsp3) is 0.562. The van der Waals surface area contributed by atoms with Crippen molar-refractivity contribution in [1.29, 1.82) is 0 Å². The zero-order valence-electron chi connectivity index (χ0n) is 11.7. The molecule has 3 nitrogen and oxygen atoms in total. The van der Waals surface area contributed by atoms with E-state index in [9.17, 15) is 4.79 Å². The first-order valence-corrected chi connectivity index (χ1v) is 7.20. The average Bonchev–Trinajstić information content (AvgIpc) is 2.46. The molecule has 3 N–H and O–H groups in total. The molecule has 3 heteroatoms. The summed E-state index contributed by atoms with van der Waals surface area (Å²) < 4.78 is 0. The lowest BCUT2D eigenvalue weighted by Crippen LogP contribution is -2.37. The fourth-order valence-corrected chi connectivity index (χ4v) is 2.82. The minimum absolute atomic E-state index is 0.0158. The van der Waals surface area contributed by atoms with Crippen LogP contribution in [0.2, 0.25) is 0 Å². The summed E-state index contributed by atoms with van der Waals surface area (Å²) in [5.74, 6) is 0.0158. The predicted molar refractivity (Wildman–Crippen MR) is 77.9 cm³/mol. The number of hydrogen-bond acceptors (Lipinski definition) is 2. The average molecular weight is 260 g/mol. The van der Waals surface area contributed by atoms with E-state index in [1.807, 2.05) is 24.3 Å². The van der Waals surface area contributed by atoms with E-state index in [0.717, 1.165) is 12.1 Å². The van der Waals surface area contributed by atoms with Crippen molar-refractivity contribution in [3.63, 3.8) is 0 Å². The van der Waals surface area contributed by atoms with Gasteiger partial charge in [-0.25, -0.2) is 0 Å². The summed E-state index contributed by atoms with van der Waals surface area (Å²) in [6, 6.07) is 7.55. The summed E-state index contributed by atoms with van der Waals surface area (Å²) in [4.78, 5) is 12.1. The summed E-state index contributed by atoms with van der Waals surface area (Å²) >= 11 is 0. The SMILES string of the molecule is CC1(CNC(=O)c2cccc(CN)c2)CCCCC1. The van der Waals surface area contributed by atoms with Crippen molar-refractivity contribution in [1.82, 2.24) is 5.32 Å². The van der Waals surface area contributed by atoms with Gasteiger partial charge in [0, 0.05) is 18.7 Å². The minimum Gasteiger partial charge on any atom is -0.351 e. The van der Waals surface area contributed by atoms with Crippen molar-refractivity contribution in [2.75, 3.05) is 6.54 Å². The quantitative estimate of drug-likeness (QED) is 0.874. The molecule has 104 valence electrons. The molecule has 1 aromatic rings. The first kappa shape index (κ1) is 14.1. The van der Waals surface area contributed by atoms with Gasteiger partial charge in [0.15, 0.2) is 0 Å². The van der Waals surface area contributed by atoms with Gasteiger partial charge in [-0.3, -0.25) is 4.79 Å². The molecule has 0 radical (unpaired) electrons. The molecule has 0 heterocycles. The molecule has 1 saturated carbocycles. The monoisotopic (exact) mass is 260 g/mol. The van der Waals surface area contributed by atoms with Gasteiger partial charge in [0.25, 0.3) is 5.91 Å². The highest BCUT2D eigenvalue weighted by Gasteiger charge is 2.27. The van der Waals surface area contributed by atoms with Gasteiger partial charge >= 0.3 is 0 Å². The smallest absolute Gasteiger partial charge is 0.251 e. The zero-order valence-corrected chi connectivity index (χ0v) is 11.7. The van der Waals surface area contributed by atoms with E-state index in [4.69, 9.17) is 5.73 Å². The maximum atomic E-state index is 12.1. The Morgan fingerprint density at radius 1 is 1.32 bits per heavy atom. The molecule has 1 aliphatic rings. The molecule has 0 unspecified atom stereocenters. The highest BCUT2D eigenvalue weighted by molar-refractivity contribution is 5.94. The Balaban J connectivity index is 1.93. The normalized spacial score (nSPS) is 18.0. The Labute approximate surface area is 115 Å². The van der Waals surface area contributed by atoms with E-state index >= 15 is 0 Å². The van der Waals surface area contributed by atoms with Crippen LogP contribution in [0.15, 0.2) is 24.3 Å². The summed E-state index contributed by atoms with van der Waals surface area (Å²) in [6.45, 7) is 3.53. The standard InChI is InChI=1S/C16H24N2O/c1-16(8-3-2-4-9-16)12-18-15(19)14-7-5-6-13(10-14)11-17/h5-7,10H,2-4,8-9,11-12,17H2,1H3,(H,18,19). The fourth-order valence-electron chi connectivity index (χ4n) is 2.82. The van der Waals surface area contributed by atoms with Crippen molar-refractivity contribution >= 4 is 5.91 Å². The molecule has 0 aromatic heterocycles. The van der Waals surface area contributed by atoms with E-state index in [1.54, 1.807) is 0 Å². The minimum atomic E-state index is 0.0158. The van der Waals surface area contributed by atoms with Crippen molar-refractivity contribution < 1.29 is 4.79 Å². The summed E-state index contributed by atoms with van der Waals surface area (Å²) in [5, 5.41) is 3.08. The van der Waals surface area contributed by atoms with Gasteiger partial charge in [-0.05, 0) is 36.0 Å². The second-order valence-corrected chi connectivity index (χ2v) is 5.96. The van der Waals surface area contributed by atoms with E-state index in [0.29, 0.717) is 12.1 Å². The third kappa shape index (κ3) is 3.80. The lowest BCUT2D eigenvalue weighted by atomic mass is 9.76. The number of hydrogen-bond donors (Lipinski definition) is 2. The molecule has 1 fully saturated rings. The van der Waals surface area contributed by atoms with Crippen molar-refractivity contribution in [3.05, 3.63) is 35.4 Å². The third-order valence-corrected chi connectivity index (χ3v) is 4.16. The third-order valence-electron chi connectivity index (χ3n) is 4.16. The lowest BCUT2D eigenvalue weighted by molar-refractivity contribution is 0.0919. The maximum Gasteiger partial charge on any atom is 0.251 e. The highest BCUT2D eigenvalue weighted by atomic mass is 16.1. The number of carbonyl (C=O) groups excluding carboxylic acids is 1. The van der Waals surface area contributed by atoms with Crippen LogP contribution in [-0.2, 0) is 6.54 Å². The predicted octanol–water partition coefficient (Wildman–Crippen LogP) is 2.85. The van der Waals surface area contributed by atoms with Gasteiger partial charge < -0.3 is 11.1 Å². The van der Waals surface area contributed by atoms with Gasteiger partial charge in [-0.15, -0.1) is 0 Å². The number of nitrogens with one attached hydrogen (secondary N) is 1. The molecule has 1 aromatic carbocycles. The molecule has 1 aliphatic carbocycles. The van der Waals surface area contributed by atoms with Crippen LogP contribution in [-0.4, -0.2) is 12.5 Å². The molecule has 2 rings (SSSR count). The second kappa shape index (κ2) is 6.20. The molecule has 1 amide bonds. The van der Waals surface area contributed by atoms with E-state index in [2.05, 4.69) is 12.2 Å². The molecule has 0 spiro atoms. The Kier molecular flexibility index (Phi) is 4.59. The molecule has 0 bridgehead atoms. The van der Waals surface area contributed by atoms with Gasteiger partial charge in [0.2, 0.25) is 0 Å². The highest BCUT2D eigenvalue weighted by Crippen LogP contribution is 2.34. The van der Waals surface area contributed by atoms with Crippen molar-refractivity contribution in [3.8, 4) is 0 Å². The number of amides is 1. The molecule has 19 heavy (non-hydrogen) atoms. The van der Waals surface area contributed by atoms with Crippen LogP contribution in [0.3, 0.4) is 0 Å². The van der Waals surface area contributed by atoms with Crippen LogP contribution in [0, 0.1) is 5.41 Å². The van der Waals surface area contributed by atoms with E-state index in [-0.39, 0.29) is 11.3 Å². The van der Waals surface area contributed by atoms with Gasteiger partial charge in [0.05, 0.1) is 0 Å². The van der Waals surface area contributed by atoms with Crippen LogP contribution in [0.1, 0.15) is 54.9 Å². The number of rotatable bonds is 4. The summed E-state index contributed by atoms with van der Waals surface area (Å²) in [5.41, 5.74) is 7.58. The Bertz CT molecular complexity index is 436. The van der Waals surface area contributed by atoms with Gasteiger partial charge in [-0.1, -0.05) is 38.3 Å². The molecule has 0 saturated heterocycles.